The van der Waals surface area contributed by atoms with Crippen LogP contribution in [0.2, 0.25) is 0 Å². The predicted molar refractivity (Wildman–Crippen MR) is 414 cm³/mol. The third-order valence-corrected chi connectivity index (χ3v) is 21.3. The minimum Gasteiger partial charge on any atom is -0.496 e. The van der Waals surface area contributed by atoms with Gasteiger partial charge in [-0.15, -0.1) is 0 Å². The van der Waals surface area contributed by atoms with Crippen LogP contribution in [0.15, 0.2) is 164 Å². The minimum absolute atomic E-state index is 0.00530. The number of benzene rings is 9. The zero-order valence-electron chi connectivity index (χ0n) is 68.4. The first-order valence-electron chi connectivity index (χ1n) is 38.6. The molecule has 3 heterocycles. The van der Waals surface area contributed by atoms with E-state index in [-0.39, 0.29) is 112 Å². The summed E-state index contributed by atoms with van der Waals surface area (Å²) < 4.78 is 346. The number of amides is 3. The third kappa shape index (κ3) is 22.8. The van der Waals surface area contributed by atoms with Crippen LogP contribution in [0.1, 0.15) is 187 Å². The molecule has 0 bridgehead atoms. The molecule has 5 atom stereocenters. The van der Waals surface area contributed by atoms with Gasteiger partial charge < -0.3 is 43.1 Å². The van der Waals surface area contributed by atoms with E-state index in [9.17, 15) is 115 Å². The fourth-order valence-corrected chi connectivity index (χ4v) is 14.8. The second-order valence-electron chi connectivity index (χ2n) is 31.2. The Morgan fingerprint density at radius 1 is 0.344 bits per heavy atom. The highest BCUT2D eigenvalue weighted by molar-refractivity contribution is 5.79. The number of halogens is 23. The summed E-state index contributed by atoms with van der Waals surface area (Å²) in [5, 5.41) is 0. The summed E-state index contributed by atoms with van der Waals surface area (Å²) in [6.07, 6.45) is -40.3. The van der Waals surface area contributed by atoms with Gasteiger partial charge in [0.25, 0.3) is 0 Å². The first-order chi connectivity index (χ1) is 58.1. The molecule has 0 aromatic heterocycles. The van der Waals surface area contributed by atoms with Gasteiger partial charge in [0.15, 0.2) is 0 Å². The van der Waals surface area contributed by atoms with Crippen LogP contribution < -0.4 is 14.2 Å². The van der Waals surface area contributed by atoms with Crippen molar-refractivity contribution in [2.75, 3.05) is 41.0 Å². The van der Waals surface area contributed by atoms with Gasteiger partial charge in [-0.05, 0) is 182 Å². The molecule has 2 unspecified atom stereocenters. The van der Waals surface area contributed by atoms with Gasteiger partial charge in [-0.1, -0.05) is 110 Å². The topological polar surface area (TPSA) is 116 Å². The molecule has 3 aliphatic heterocycles. The summed E-state index contributed by atoms with van der Waals surface area (Å²) in [6, 6.07) is 31.2. The lowest BCUT2D eigenvalue weighted by Crippen LogP contribution is -2.43. The lowest BCUT2D eigenvalue weighted by atomic mass is 9.91. The molecule has 9 aromatic rings. The van der Waals surface area contributed by atoms with E-state index in [1.807, 2.05) is 62.4 Å². The number of carbonyl (C=O) groups is 3. The third-order valence-electron chi connectivity index (χ3n) is 21.3. The van der Waals surface area contributed by atoms with Gasteiger partial charge in [0.05, 0.1) is 60.3 Å². The molecule has 9 aromatic carbocycles. The molecule has 35 heteroatoms. The quantitative estimate of drug-likeness (QED) is 0.0611. The molecule has 0 spiro atoms. The molecule has 125 heavy (non-hydrogen) atoms. The molecule has 0 N–H and O–H groups in total. The highest BCUT2D eigenvalue weighted by Crippen LogP contribution is 2.49. The molecule has 0 saturated carbocycles. The molecule has 3 saturated heterocycles. The molecular weight excluding hydrogens is 1700 g/mol. The van der Waals surface area contributed by atoms with Crippen molar-refractivity contribution in [2.24, 2.45) is 11.8 Å². The Morgan fingerprint density at radius 3 is 0.984 bits per heavy atom. The number of hydrogen-bond donors (Lipinski definition) is 0. The van der Waals surface area contributed by atoms with E-state index in [2.05, 4.69) is 0 Å². The Morgan fingerprint density at radius 2 is 0.672 bits per heavy atom. The molecule has 0 aliphatic carbocycles. The summed E-state index contributed by atoms with van der Waals surface area (Å²) >= 11 is 0. The summed E-state index contributed by atoms with van der Waals surface area (Å²) in [7, 11) is 4.03. The molecular formula is C90H82F23N3O9. The van der Waals surface area contributed by atoms with E-state index in [0.29, 0.717) is 59.7 Å². The van der Waals surface area contributed by atoms with Crippen LogP contribution >= 0.6 is 0 Å². The average Bonchev–Trinajstić information content (AvgIpc) is 0.773. The number of hydrogen-bond acceptors (Lipinski definition) is 9. The minimum atomic E-state index is -5.12. The van der Waals surface area contributed by atoms with Crippen molar-refractivity contribution in [3.05, 3.63) is 264 Å². The van der Waals surface area contributed by atoms with Crippen molar-refractivity contribution in [3.63, 3.8) is 0 Å². The highest BCUT2D eigenvalue weighted by Gasteiger charge is 2.45. The number of rotatable bonds is 18. The molecule has 3 amide bonds. The zero-order chi connectivity index (χ0) is 92.5. The zero-order valence-corrected chi connectivity index (χ0v) is 68.4. The maximum Gasteiger partial charge on any atom is 0.416 e. The van der Waals surface area contributed by atoms with Crippen LogP contribution in [-0.4, -0.2) is 73.9 Å². The standard InChI is InChI=1S/2C31H27F10NO3.C28H28F3NO3/c2*1-15(2)23-11-24(26(44-4)12-25(23)32)22-6-5-19(29(33,34)35)9-18(22)14-42-13-16(3)27(45-28(42)43)17-7-20(30(36,37)38)10-21(8-17)31(39,40)41;1-18(2)20-9-12-26(34-3)24(16-20)23-11-10-22(28(29,30)31)15-21(23)17-32-14-13-25(35-27(32)33)19-7-5-4-6-8-19/h2*5-12,15-16,27H,13-14H2,1-4H3;4-12,15-16,18,25H,13-14,17H2,1-3H3/t16-,27?;16-,27-;/m00./s1. The molecule has 3 aliphatic rings. The maximum atomic E-state index is 14.7. The predicted octanol–water partition coefficient (Wildman–Crippen LogP) is 27.6. The molecule has 3 fully saturated rings. The van der Waals surface area contributed by atoms with E-state index in [0.717, 1.165) is 81.6 Å². The van der Waals surface area contributed by atoms with E-state index < -0.39 is 160 Å². The highest BCUT2D eigenvalue weighted by atomic mass is 19.4. The molecule has 672 valence electrons. The largest absolute Gasteiger partial charge is 0.496 e. The fraction of sp³-hybridized carbons (Fsp3) is 0.367. The van der Waals surface area contributed by atoms with E-state index in [1.54, 1.807) is 27.7 Å². The van der Waals surface area contributed by atoms with Crippen molar-refractivity contribution in [3.8, 4) is 50.6 Å². The average molecular weight is 1790 g/mol. The number of ether oxygens (including phenoxy) is 6. The summed E-state index contributed by atoms with van der Waals surface area (Å²) in [4.78, 5) is 42.5. The van der Waals surface area contributed by atoms with Crippen molar-refractivity contribution >= 4 is 18.3 Å². The Kier molecular flexibility index (Phi) is 28.7. The van der Waals surface area contributed by atoms with Crippen molar-refractivity contribution in [1.29, 1.82) is 0 Å². The molecule has 12 nitrogen and oxygen atoms in total. The van der Waals surface area contributed by atoms with Gasteiger partial charge in [-0.3, -0.25) is 0 Å². The Balaban J connectivity index is 0.000000198. The van der Waals surface area contributed by atoms with Crippen LogP contribution in [0.5, 0.6) is 17.2 Å². The summed E-state index contributed by atoms with van der Waals surface area (Å²) in [6.45, 7) is 12.6. The second kappa shape index (κ2) is 37.4. The lowest BCUT2D eigenvalue weighted by molar-refractivity contribution is -0.145. The number of alkyl halides is 21. The molecule has 12 rings (SSSR count). The van der Waals surface area contributed by atoms with Gasteiger partial charge in [-0.25, -0.2) is 23.2 Å². The van der Waals surface area contributed by atoms with Crippen LogP contribution in [0.25, 0.3) is 33.4 Å². The summed E-state index contributed by atoms with van der Waals surface area (Å²) in [5.41, 5.74) is -5.38. The second-order valence-corrected chi connectivity index (χ2v) is 31.2. The van der Waals surface area contributed by atoms with Gasteiger partial charge in [0.2, 0.25) is 0 Å². The van der Waals surface area contributed by atoms with Crippen molar-refractivity contribution in [2.45, 2.75) is 161 Å². The Labute approximate surface area is 702 Å². The number of carbonyl (C=O) groups excluding carboxylic acids is 3. The van der Waals surface area contributed by atoms with Crippen LogP contribution in [0.3, 0.4) is 0 Å². The normalized spacial score (nSPS) is 17.5. The summed E-state index contributed by atoms with van der Waals surface area (Å²) in [5.74, 6) is -2.76. The van der Waals surface area contributed by atoms with Gasteiger partial charge in [0.1, 0.15) is 47.2 Å². The van der Waals surface area contributed by atoms with Gasteiger partial charge >= 0.3 is 61.5 Å². The number of nitrogens with zero attached hydrogens (tertiary/aromatic N) is 3. The fourth-order valence-electron chi connectivity index (χ4n) is 14.8. The lowest BCUT2D eigenvalue weighted by Gasteiger charge is -2.37. The van der Waals surface area contributed by atoms with E-state index in [4.69, 9.17) is 28.4 Å². The molecule has 0 radical (unpaired) electrons. The number of methoxy groups -OCH3 is 3. The smallest absolute Gasteiger partial charge is 0.416 e. The Bertz CT molecular complexity index is 5090. The van der Waals surface area contributed by atoms with Gasteiger partial charge in [0, 0.05) is 86.3 Å². The van der Waals surface area contributed by atoms with E-state index >= 15 is 0 Å². The van der Waals surface area contributed by atoms with Gasteiger partial charge in [-0.2, -0.15) is 92.2 Å². The SMILES string of the molecule is COc1cc(F)c(C(C)C)cc1-c1ccc(C(F)(F)F)cc1CN1C[C@H](C)C(c2cc(C(F)(F)F)cc(C(F)(F)F)c2)OC1=O.COc1cc(F)c(C(C)C)cc1-c1ccc(C(F)(F)F)cc1CN1C[C@H](C)[C@@H](c2cc(C(F)(F)F)cc(C(F)(F)F)c2)OC1=O.COc1ccc(C(C)C)cc1-c1ccc(C(F)(F)F)cc1CN1CCC(c2ccccc2)OC1=O. The van der Waals surface area contributed by atoms with Crippen molar-refractivity contribution in [1.82, 2.24) is 14.7 Å². The van der Waals surface area contributed by atoms with E-state index in [1.165, 1.54) is 58.3 Å². The monoisotopic (exact) mass is 1790 g/mol. The number of cyclic esters (lactones) is 3. The maximum absolute atomic E-state index is 14.7. The first-order valence-corrected chi connectivity index (χ1v) is 38.6. The van der Waals surface area contributed by atoms with Crippen LogP contribution in [-0.2, 0) is 77.1 Å². The van der Waals surface area contributed by atoms with Crippen molar-refractivity contribution < 1.29 is 144 Å². The Hall–Kier alpha value is -11.4. The van der Waals surface area contributed by atoms with Crippen LogP contribution in [0.4, 0.5) is 115 Å². The first kappa shape index (κ1) is 95.8. The van der Waals surface area contributed by atoms with Crippen LogP contribution in [0, 0.1) is 23.5 Å².